The van der Waals surface area contributed by atoms with Gasteiger partial charge in [-0.15, -0.1) is 0 Å². The zero-order chi connectivity index (χ0) is 9.02. The van der Waals surface area contributed by atoms with E-state index in [0.29, 0.717) is 0 Å². The van der Waals surface area contributed by atoms with Crippen LogP contribution in [0.1, 0.15) is 6.92 Å². The monoisotopic (exact) mass is 157 g/mol. The van der Waals surface area contributed by atoms with Gasteiger partial charge in [0, 0.05) is 0 Å². The molecule has 0 bridgehead atoms. The van der Waals surface area contributed by atoms with Crippen molar-refractivity contribution in [2.75, 3.05) is 0 Å². The Balaban J connectivity index is 4.12. The molecule has 11 heavy (non-hydrogen) atoms. The van der Waals surface area contributed by atoms with Gasteiger partial charge in [-0.25, -0.2) is 4.79 Å². The maximum atomic E-state index is 10.2. The van der Waals surface area contributed by atoms with E-state index in [2.05, 4.69) is 7.85 Å². The maximum absolute atomic E-state index is 10.2. The minimum absolute atomic E-state index is 0.974. The Labute approximate surface area is 64.8 Å². The van der Waals surface area contributed by atoms with Gasteiger partial charge in [-0.1, -0.05) is 0 Å². The number of hydrogen-bond acceptors (Lipinski definition) is 3. The molecule has 0 aliphatic carbocycles. The Morgan fingerprint density at radius 2 is 2.00 bits per heavy atom. The number of aliphatic carboxylic acids is 1. The number of aliphatic hydroxyl groups excluding tert-OH is 1. The molecular weight excluding hydrogens is 149 g/mol. The van der Waals surface area contributed by atoms with Crippen LogP contribution in [0.5, 0.6) is 0 Å². The number of carboxylic acid groups (broad SMARTS) is 1. The summed E-state index contributed by atoms with van der Waals surface area (Å²) >= 11 is 0. The Bertz CT molecular complexity index is 170. The molecule has 1 amide bonds. The first-order valence-corrected chi connectivity index (χ1v) is 2.92. The molecular formula is C5H8BNO4. The van der Waals surface area contributed by atoms with Crippen molar-refractivity contribution in [1.29, 1.82) is 0 Å². The van der Waals surface area contributed by atoms with Crippen LogP contribution < -0.4 is 5.32 Å². The third kappa shape index (κ3) is 3.62. The molecule has 0 rings (SSSR count). The second-order valence-corrected chi connectivity index (χ2v) is 2.07. The highest BCUT2D eigenvalue weighted by atomic mass is 16.4. The lowest BCUT2D eigenvalue weighted by molar-refractivity contribution is -0.141. The third-order valence-corrected chi connectivity index (χ3v) is 1.05. The molecule has 0 aliphatic heterocycles. The molecule has 2 radical (unpaired) electrons. The number of aliphatic hydroxyl groups is 1. The van der Waals surface area contributed by atoms with Crippen LogP contribution in [0.4, 0.5) is 4.79 Å². The summed E-state index contributed by atoms with van der Waals surface area (Å²) in [5.41, 5.74) is 0. The smallest absolute Gasteiger partial charge is 0.328 e. The predicted molar refractivity (Wildman–Crippen MR) is 37.4 cm³/mol. The Hall–Kier alpha value is -1.04. The van der Waals surface area contributed by atoms with Gasteiger partial charge >= 0.3 is 5.97 Å². The van der Waals surface area contributed by atoms with Gasteiger partial charge in [-0.2, -0.15) is 0 Å². The van der Waals surface area contributed by atoms with Crippen LogP contribution in [0.25, 0.3) is 0 Å². The number of amides is 1. The van der Waals surface area contributed by atoms with Crippen molar-refractivity contribution in [3.8, 4) is 0 Å². The van der Waals surface area contributed by atoms with Gasteiger partial charge in [0.25, 0.3) is 0 Å². The van der Waals surface area contributed by atoms with E-state index in [9.17, 15) is 9.59 Å². The normalized spacial score (nSPS) is 15.1. The van der Waals surface area contributed by atoms with Crippen molar-refractivity contribution in [3.63, 3.8) is 0 Å². The van der Waals surface area contributed by atoms with Crippen molar-refractivity contribution in [1.82, 2.24) is 5.32 Å². The Kier molecular flexibility index (Phi) is 3.60. The summed E-state index contributed by atoms with van der Waals surface area (Å²) in [7, 11) is 4.64. The van der Waals surface area contributed by atoms with Crippen LogP contribution in [0.2, 0.25) is 0 Å². The number of carbonyl (C=O) groups excluding carboxylic acids is 1. The molecule has 0 aromatic rings. The summed E-state index contributed by atoms with van der Waals surface area (Å²) < 4.78 is 0. The third-order valence-electron chi connectivity index (χ3n) is 1.05. The molecule has 0 aliphatic rings. The summed E-state index contributed by atoms with van der Waals surface area (Å²) in [6.07, 6.45) is -1.17. The molecule has 5 nitrogen and oxygen atoms in total. The van der Waals surface area contributed by atoms with Crippen LogP contribution in [0.15, 0.2) is 0 Å². The number of carboxylic acids is 1. The highest BCUT2D eigenvalue weighted by Crippen LogP contribution is 1.91. The van der Waals surface area contributed by atoms with Crippen molar-refractivity contribution >= 4 is 19.6 Å². The molecule has 0 heterocycles. The maximum Gasteiger partial charge on any atom is 0.328 e. The molecule has 0 saturated heterocycles. The summed E-state index contributed by atoms with van der Waals surface area (Å²) in [4.78, 5) is 20.4. The molecule has 0 spiro atoms. The topological polar surface area (TPSA) is 86.6 Å². The van der Waals surface area contributed by atoms with E-state index in [0.717, 1.165) is 0 Å². The lowest BCUT2D eigenvalue weighted by atomic mass is 10.1. The van der Waals surface area contributed by atoms with Crippen molar-refractivity contribution < 1.29 is 19.8 Å². The fourth-order valence-electron chi connectivity index (χ4n) is 0.542. The average molecular weight is 157 g/mol. The largest absolute Gasteiger partial charge is 0.480 e. The molecule has 0 saturated carbocycles. The molecule has 0 aromatic carbocycles. The summed E-state index contributed by atoms with van der Waals surface area (Å²) in [6, 6.07) is -1.34. The average Bonchev–Trinajstić information content (AvgIpc) is 1.81. The first kappa shape index (κ1) is 9.96. The number of nitrogens with one attached hydrogen (secondary N) is 1. The summed E-state index contributed by atoms with van der Waals surface area (Å²) in [5.74, 6) is -2.29. The van der Waals surface area contributed by atoms with Crippen LogP contribution in [-0.4, -0.2) is 42.0 Å². The zero-order valence-corrected chi connectivity index (χ0v) is 5.94. The summed E-state index contributed by atoms with van der Waals surface area (Å²) in [5, 5.41) is 19.0. The van der Waals surface area contributed by atoms with Gasteiger partial charge < -0.3 is 15.5 Å². The van der Waals surface area contributed by atoms with Gasteiger partial charge in [0.15, 0.2) is 11.8 Å². The second-order valence-electron chi connectivity index (χ2n) is 2.07. The fourth-order valence-corrected chi connectivity index (χ4v) is 0.542. The minimum atomic E-state index is -1.34. The molecule has 3 N–H and O–H groups in total. The van der Waals surface area contributed by atoms with Gasteiger partial charge in [0.05, 0.1) is 6.10 Å². The fraction of sp³-hybridized carbons (Fsp3) is 0.600. The minimum Gasteiger partial charge on any atom is -0.480 e. The zero-order valence-electron chi connectivity index (χ0n) is 5.94. The standard InChI is InChI=1S/C5H8BNO4/c1-2(8)3(4(9)10)7-5(6)11/h2-3,8H,1H3,(H,7,11)(H,9,10)/t2-,3+/m1/s1. The molecule has 2 atom stereocenters. The van der Waals surface area contributed by atoms with Gasteiger partial charge in [0.2, 0.25) is 7.85 Å². The first-order chi connectivity index (χ1) is 4.95. The molecule has 0 fully saturated rings. The van der Waals surface area contributed by atoms with E-state index < -0.39 is 23.9 Å². The van der Waals surface area contributed by atoms with Crippen molar-refractivity contribution in [2.45, 2.75) is 19.1 Å². The van der Waals surface area contributed by atoms with E-state index in [-0.39, 0.29) is 0 Å². The highest BCUT2D eigenvalue weighted by molar-refractivity contribution is 6.57. The van der Waals surface area contributed by atoms with E-state index in [1.54, 1.807) is 0 Å². The lowest BCUT2D eigenvalue weighted by Gasteiger charge is -2.15. The van der Waals surface area contributed by atoms with E-state index in [4.69, 9.17) is 10.2 Å². The summed E-state index contributed by atoms with van der Waals surface area (Å²) in [6.45, 7) is 1.24. The number of carbonyl (C=O) groups is 2. The van der Waals surface area contributed by atoms with E-state index in [1.807, 2.05) is 5.32 Å². The first-order valence-electron chi connectivity index (χ1n) is 2.92. The second kappa shape index (κ2) is 3.97. The van der Waals surface area contributed by atoms with Crippen LogP contribution in [0, 0.1) is 0 Å². The van der Waals surface area contributed by atoms with E-state index in [1.165, 1.54) is 6.92 Å². The molecule has 6 heteroatoms. The van der Waals surface area contributed by atoms with Gasteiger partial charge in [-0.3, -0.25) is 4.79 Å². The van der Waals surface area contributed by atoms with E-state index >= 15 is 0 Å². The van der Waals surface area contributed by atoms with Crippen LogP contribution in [0.3, 0.4) is 0 Å². The number of rotatable bonds is 3. The van der Waals surface area contributed by atoms with Gasteiger partial charge in [-0.05, 0) is 6.92 Å². The SMILES string of the molecule is [B]C(=O)N[C@H](C(=O)O)[C@@H](C)O. The molecule has 0 unspecified atom stereocenters. The highest BCUT2D eigenvalue weighted by Gasteiger charge is 2.22. The molecule has 0 aromatic heterocycles. The predicted octanol–water partition coefficient (Wildman–Crippen LogP) is -1.30. The quantitative estimate of drug-likeness (QED) is 0.444. The van der Waals surface area contributed by atoms with Crippen molar-refractivity contribution in [2.24, 2.45) is 0 Å². The van der Waals surface area contributed by atoms with Gasteiger partial charge in [0.1, 0.15) is 0 Å². The molecule has 60 valence electrons. The number of hydrogen-bond donors (Lipinski definition) is 3. The lowest BCUT2D eigenvalue weighted by Crippen LogP contribution is -2.47. The Morgan fingerprint density at radius 3 is 2.09 bits per heavy atom. The Morgan fingerprint density at radius 1 is 1.55 bits per heavy atom. The van der Waals surface area contributed by atoms with Crippen LogP contribution in [-0.2, 0) is 4.79 Å². The van der Waals surface area contributed by atoms with Crippen LogP contribution >= 0.6 is 0 Å². The van der Waals surface area contributed by atoms with Crippen molar-refractivity contribution in [3.05, 3.63) is 0 Å².